The summed E-state index contributed by atoms with van der Waals surface area (Å²) in [5.74, 6) is 0.326. The van der Waals surface area contributed by atoms with Crippen molar-refractivity contribution in [2.24, 2.45) is 0 Å². The molecule has 0 saturated heterocycles. The van der Waals surface area contributed by atoms with Gasteiger partial charge in [-0.1, -0.05) is 60.7 Å². The van der Waals surface area contributed by atoms with Gasteiger partial charge in [-0.25, -0.2) is 0 Å². The first-order valence-corrected chi connectivity index (χ1v) is 10.4. The predicted molar refractivity (Wildman–Crippen MR) is 129 cm³/mol. The van der Waals surface area contributed by atoms with Crippen LogP contribution in [0.25, 0.3) is 5.57 Å². The van der Waals surface area contributed by atoms with Crippen LogP contribution in [0.2, 0.25) is 0 Å². The van der Waals surface area contributed by atoms with Crippen molar-refractivity contribution in [3.63, 3.8) is 0 Å². The van der Waals surface area contributed by atoms with Crippen molar-refractivity contribution in [2.45, 2.75) is 25.7 Å². The molecule has 3 heteroatoms. The summed E-state index contributed by atoms with van der Waals surface area (Å²) in [5, 5.41) is 10.1. The van der Waals surface area contributed by atoms with E-state index in [0.29, 0.717) is 5.75 Å². The SMILES string of the molecule is CN(C)CC1=C(c2cccc(O)c2)c2cc(CCc3ccccc3)ccc2CC1.Cl. The number of benzene rings is 3. The molecule has 0 saturated carbocycles. The first-order chi connectivity index (χ1) is 14.1. The van der Waals surface area contributed by atoms with Crippen LogP contribution in [-0.4, -0.2) is 30.6 Å². The lowest BCUT2D eigenvalue weighted by Crippen LogP contribution is -2.19. The third kappa shape index (κ3) is 5.13. The van der Waals surface area contributed by atoms with Crippen LogP contribution >= 0.6 is 12.4 Å². The summed E-state index contributed by atoms with van der Waals surface area (Å²) in [5.41, 5.74) is 9.37. The molecule has 1 N–H and O–H groups in total. The van der Waals surface area contributed by atoms with Crippen LogP contribution < -0.4 is 0 Å². The molecule has 30 heavy (non-hydrogen) atoms. The summed E-state index contributed by atoms with van der Waals surface area (Å²) < 4.78 is 0. The molecule has 0 radical (unpaired) electrons. The van der Waals surface area contributed by atoms with Gasteiger partial charge in [-0.3, -0.25) is 0 Å². The number of hydrogen-bond donors (Lipinski definition) is 1. The number of phenols is 1. The number of fused-ring (bicyclic) bond motifs is 1. The molecule has 0 unspecified atom stereocenters. The van der Waals surface area contributed by atoms with Gasteiger partial charge >= 0.3 is 0 Å². The fourth-order valence-electron chi connectivity index (χ4n) is 4.33. The number of phenolic OH excluding ortho intramolecular Hbond substituents is 1. The number of likely N-dealkylation sites (N-methyl/N-ethyl adjacent to an activating group) is 1. The molecule has 4 rings (SSSR count). The maximum Gasteiger partial charge on any atom is 0.116 e. The van der Waals surface area contributed by atoms with E-state index in [4.69, 9.17) is 0 Å². The van der Waals surface area contributed by atoms with E-state index in [1.165, 1.54) is 33.4 Å². The van der Waals surface area contributed by atoms with Gasteiger partial charge in [0.2, 0.25) is 0 Å². The second kappa shape index (κ2) is 9.97. The summed E-state index contributed by atoms with van der Waals surface area (Å²) in [4.78, 5) is 2.24. The topological polar surface area (TPSA) is 23.5 Å². The molecule has 0 bridgehead atoms. The summed E-state index contributed by atoms with van der Waals surface area (Å²) >= 11 is 0. The Kier molecular flexibility index (Phi) is 7.36. The Hall–Kier alpha value is -2.55. The number of halogens is 1. The average Bonchev–Trinajstić information content (AvgIpc) is 2.72. The Balaban J connectivity index is 0.00000256. The molecule has 0 aliphatic heterocycles. The largest absolute Gasteiger partial charge is 0.508 e. The van der Waals surface area contributed by atoms with E-state index in [9.17, 15) is 5.11 Å². The molecule has 3 aromatic rings. The molecule has 1 aliphatic carbocycles. The Morgan fingerprint density at radius 3 is 2.30 bits per heavy atom. The van der Waals surface area contributed by atoms with Crippen molar-refractivity contribution < 1.29 is 5.11 Å². The van der Waals surface area contributed by atoms with E-state index in [1.54, 1.807) is 6.07 Å². The van der Waals surface area contributed by atoms with E-state index < -0.39 is 0 Å². The molecule has 0 atom stereocenters. The first kappa shape index (κ1) is 22.1. The average molecular weight is 420 g/mol. The molecular formula is C27H30ClNO. The maximum absolute atomic E-state index is 10.1. The second-order valence-electron chi connectivity index (χ2n) is 8.24. The minimum Gasteiger partial charge on any atom is -0.508 e. The van der Waals surface area contributed by atoms with E-state index in [-0.39, 0.29) is 12.4 Å². The van der Waals surface area contributed by atoms with Gasteiger partial charge in [-0.2, -0.15) is 0 Å². The molecular weight excluding hydrogens is 390 g/mol. The summed E-state index contributed by atoms with van der Waals surface area (Å²) in [6.45, 7) is 0.943. The highest BCUT2D eigenvalue weighted by molar-refractivity contribution is 5.86. The number of nitrogens with zero attached hydrogens (tertiary/aromatic N) is 1. The van der Waals surface area contributed by atoms with Gasteiger partial charge in [0.05, 0.1) is 0 Å². The molecule has 0 aromatic heterocycles. The summed E-state index contributed by atoms with van der Waals surface area (Å²) in [6.07, 6.45) is 4.24. The maximum atomic E-state index is 10.1. The first-order valence-electron chi connectivity index (χ1n) is 10.4. The number of rotatable bonds is 6. The fraction of sp³-hybridized carbons (Fsp3) is 0.259. The minimum absolute atomic E-state index is 0. The normalized spacial score (nSPS) is 13.2. The molecule has 0 fully saturated rings. The second-order valence-corrected chi connectivity index (χ2v) is 8.24. The third-order valence-electron chi connectivity index (χ3n) is 5.68. The van der Waals surface area contributed by atoms with Crippen LogP contribution in [0.3, 0.4) is 0 Å². The molecule has 0 spiro atoms. The molecule has 0 heterocycles. The molecule has 3 aromatic carbocycles. The van der Waals surface area contributed by atoms with Gasteiger partial charge in [0.1, 0.15) is 5.75 Å². The van der Waals surface area contributed by atoms with Crippen molar-refractivity contribution in [2.75, 3.05) is 20.6 Å². The molecule has 2 nitrogen and oxygen atoms in total. The van der Waals surface area contributed by atoms with Gasteiger partial charge < -0.3 is 10.0 Å². The lowest BCUT2D eigenvalue weighted by atomic mass is 9.81. The smallest absolute Gasteiger partial charge is 0.116 e. The zero-order chi connectivity index (χ0) is 20.2. The van der Waals surface area contributed by atoms with Crippen LogP contribution in [0.1, 0.15) is 34.2 Å². The molecule has 1 aliphatic rings. The zero-order valence-corrected chi connectivity index (χ0v) is 18.6. The van der Waals surface area contributed by atoms with Crippen molar-refractivity contribution >= 4 is 18.0 Å². The van der Waals surface area contributed by atoms with Gasteiger partial charge in [-0.15, -0.1) is 12.4 Å². The monoisotopic (exact) mass is 419 g/mol. The Labute approximate surface area is 186 Å². The third-order valence-corrected chi connectivity index (χ3v) is 5.68. The van der Waals surface area contributed by atoms with Gasteiger partial charge in [-0.05, 0) is 90.9 Å². The van der Waals surface area contributed by atoms with Gasteiger partial charge in [0.25, 0.3) is 0 Å². The van der Waals surface area contributed by atoms with Crippen LogP contribution in [0.4, 0.5) is 0 Å². The zero-order valence-electron chi connectivity index (χ0n) is 17.8. The quantitative estimate of drug-likeness (QED) is 0.536. The van der Waals surface area contributed by atoms with Crippen molar-refractivity contribution in [3.05, 3.63) is 106 Å². The summed E-state index contributed by atoms with van der Waals surface area (Å²) in [7, 11) is 4.25. The number of hydrogen-bond acceptors (Lipinski definition) is 2. The van der Waals surface area contributed by atoms with Crippen LogP contribution in [0.5, 0.6) is 5.75 Å². The van der Waals surface area contributed by atoms with Crippen LogP contribution in [-0.2, 0) is 19.3 Å². The van der Waals surface area contributed by atoms with Crippen LogP contribution in [0.15, 0.2) is 78.4 Å². The lowest BCUT2D eigenvalue weighted by Gasteiger charge is -2.27. The van der Waals surface area contributed by atoms with Crippen molar-refractivity contribution in [3.8, 4) is 5.75 Å². The van der Waals surface area contributed by atoms with Crippen LogP contribution in [0, 0.1) is 0 Å². The predicted octanol–water partition coefficient (Wildman–Crippen LogP) is 5.91. The lowest BCUT2D eigenvalue weighted by molar-refractivity contribution is 0.439. The standard InChI is InChI=1S/C27H29NO.ClH/c1-28(2)19-24-16-15-22-14-13-21(12-11-20-7-4-3-5-8-20)17-26(22)27(24)23-9-6-10-25(29)18-23;/h3-10,13-14,17-18,29H,11-12,15-16,19H2,1-2H3;1H. The fourth-order valence-corrected chi connectivity index (χ4v) is 4.33. The van der Waals surface area contributed by atoms with E-state index in [2.05, 4.69) is 73.6 Å². The Morgan fingerprint density at radius 2 is 1.57 bits per heavy atom. The minimum atomic E-state index is 0. The highest BCUT2D eigenvalue weighted by Gasteiger charge is 2.21. The van der Waals surface area contributed by atoms with E-state index in [0.717, 1.165) is 37.8 Å². The Bertz CT molecular complexity index is 1020. The molecule has 156 valence electrons. The summed E-state index contributed by atoms with van der Waals surface area (Å²) in [6, 6.07) is 25.4. The van der Waals surface area contributed by atoms with Crippen molar-refractivity contribution in [1.29, 1.82) is 0 Å². The van der Waals surface area contributed by atoms with E-state index in [1.807, 2.05) is 12.1 Å². The highest BCUT2D eigenvalue weighted by Crippen LogP contribution is 2.38. The number of aryl methyl sites for hydroxylation is 3. The Morgan fingerprint density at radius 1 is 0.800 bits per heavy atom. The highest BCUT2D eigenvalue weighted by atomic mass is 35.5. The van der Waals surface area contributed by atoms with Crippen molar-refractivity contribution in [1.82, 2.24) is 4.90 Å². The molecule has 0 amide bonds. The van der Waals surface area contributed by atoms with Gasteiger partial charge in [0.15, 0.2) is 0 Å². The van der Waals surface area contributed by atoms with Gasteiger partial charge in [0, 0.05) is 6.54 Å². The number of aromatic hydroxyl groups is 1. The van der Waals surface area contributed by atoms with E-state index >= 15 is 0 Å².